The van der Waals surface area contributed by atoms with E-state index in [-0.39, 0.29) is 36.1 Å². The number of benzene rings is 1. The van der Waals surface area contributed by atoms with Crippen molar-refractivity contribution in [3.8, 4) is 0 Å². The van der Waals surface area contributed by atoms with E-state index in [0.717, 1.165) is 19.2 Å². The first kappa shape index (κ1) is 18.1. The lowest BCUT2D eigenvalue weighted by Crippen LogP contribution is -2.47. The van der Waals surface area contributed by atoms with Crippen LogP contribution in [0.5, 0.6) is 0 Å². The van der Waals surface area contributed by atoms with Crippen molar-refractivity contribution in [3.05, 3.63) is 35.4 Å². The van der Waals surface area contributed by atoms with E-state index in [2.05, 4.69) is 4.90 Å². The van der Waals surface area contributed by atoms with Crippen LogP contribution in [0.25, 0.3) is 0 Å². The Morgan fingerprint density at radius 3 is 2.64 bits per heavy atom. The fourth-order valence-corrected chi connectivity index (χ4v) is 4.33. The zero-order valence-corrected chi connectivity index (χ0v) is 14.9. The number of rotatable bonds is 4. The third-order valence-electron chi connectivity index (χ3n) is 4.62. The molecule has 2 aliphatic heterocycles. The molecule has 5 nitrogen and oxygen atoms in total. The zero-order chi connectivity index (χ0) is 18.0. The molecule has 2 fully saturated rings. The molecule has 2 amide bonds. The molecule has 0 unspecified atom stereocenters. The van der Waals surface area contributed by atoms with Crippen molar-refractivity contribution in [3.63, 3.8) is 0 Å². The molecule has 2 aliphatic rings. The number of nitrogens with zero attached hydrogens (tertiary/aromatic N) is 3. The van der Waals surface area contributed by atoms with E-state index in [9.17, 15) is 18.4 Å². The molecule has 0 radical (unpaired) electrons. The number of piperazine rings is 1. The summed E-state index contributed by atoms with van der Waals surface area (Å²) in [6, 6.07) is 3.39. The topological polar surface area (TPSA) is 43.9 Å². The third-order valence-corrected chi connectivity index (χ3v) is 5.86. The Labute approximate surface area is 149 Å². The van der Waals surface area contributed by atoms with Crippen LogP contribution >= 0.6 is 11.8 Å². The number of carbonyl (C=O) groups excluding carboxylic acids is 2. The van der Waals surface area contributed by atoms with Gasteiger partial charge in [-0.1, -0.05) is 6.07 Å². The predicted octanol–water partition coefficient (Wildman–Crippen LogP) is 1.70. The summed E-state index contributed by atoms with van der Waals surface area (Å²) in [6.07, 6.45) is 0.218. The Morgan fingerprint density at radius 2 is 1.96 bits per heavy atom. The van der Waals surface area contributed by atoms with Gasteiger partial charge in [-0.2, -0.15) is 0 Å². The van der Waals surface area contributed by atoms with Crippen molar-refractivity contribution in [1.29, 1.82) is 0 Å². The minimum atomic E-state index is -0.664. The molecule has 0 saturated carbocycles. The average Bonchev–Trinajstić information content (AvgIpc) is 2.94. The van der Waals surface area contributed by atoms with Gasteiger partial charge in [-0.05, 0) is 13.1 Å². The molecule has 136 valence electrons. The number of halogens is 2. The Balaban J connectivity index is 1.63. The van der Waals surface area contributed by atoms with E-state index in [1.807, 2.05) is 7.05 Å². The lowest BCUT2D eigenvalue weighted by Gasteiger charge is -2.33. The van der Waals surface area contributed by atoms with Gasteiger partial charge < -0.3 is 14.7 Å². The van der Waals surface area contributed by atoms with Crippen molar-refractivity contribution in [2.45, 2.75) is 11.8 Å². The van der Waals surface area contributed by atoms with Crippen molar-refractivity contribution in [1.82, 2.24) is 14.7 Å². The summed E-state index contributed by atoms with van der Waals surface area (Å²) in [4.78, 5) is 30.0. The standard InChI is InChI=1S/C17H21F2N3O2S/c1-20-6-8-21(9-7-20)15(23)4-5-22-16(24)11-25-17(22)13-3-2-12(18)10-14(13)19/h2-3,10,17H,4-9,11H2,1H3/t17-/m0/s1. The number of hydrogen-bond donors (Lipinski definition) is 0. The number of carbonyl (C=O) groups is 2. The maximum absolute atomic E-state index is 14.1. The zero-order valence-electron chi connectivity index (χ0n) is 14.1. The van der Waals surface area contributed by atoms with Crippen LogP contribution in [0.15, 0.2) is 18.2 Å². The average molecular weight is 369 g/mol. The summed E-state index contributed by atoms with van der Waals surface area (Å²) >= 11 is 1.30. The van der Waals surface area contributed by atoms with Crippen molar-refractivity contribution in [2.24, 2.45) is 0 Å². The number of likely N-dealkylation sites (N-methyl/N-ethyl adjacent to an activating group) is 1. The summed E-state index contributed by atoms with van der Waals surface area (Å²) in [7, 11) is 2.02. The molecule has 1 aromatic carbocycles. The van der Waals surface area contributed by atoms with Crippen LogP contribution in [-0.2, 0) is 9.59 Å². The molecule has 2 saturated heterocycles. The van der Waals surface area contributed by atoms with Crippen LogP contribution in [0.2, 0.25) is 0 Å². The first-order valence-corrected chi connectivity index (χ1v) is 9.33. The monoisotopic (exact) mass is 369 g/mol. The molecule has 25 heavy (non-hydrogen) atoms. The van der Waals surface area contributed by atoms with Gasteiger partial charge in [-0.25, -0.2) is 8.78 Å². The van der Waals surface area contributed by atoms with E-state index in [1.54, 1.807) is 4.90 Å². The van der Waals surface area contributed by atoms with Gasteiger partial charge in [0, 0.05) is 50.8 Å². The molecule has 0 N–H and O–H groups in total. The van der Waals surface area contributed by atoms with Crippen molar-refractivity contribution < 1.29 is 18.4 Å². The summed E-state index contributed by atoms with van der Waals surface area (Å²) < 4.78 is 27.2. The molecule has 0 bridgehead atoms. The number of amides is 2. The molecular formula is C17H21F2N3O2S. The van der Waals surface area contributed by atoms with Crippen LogP contribution in [-0.4, -0.2) is 72.0 Å². The fourth-order valence-electron chi connectivity index (χ4n) is 3.09. The Hall–Kier alpha value is -1.67. The summed E-state index contributed by atoms with van der Waals surface area (Å²) in [6.45, 7) is 3.31. The van der Waals surface area contributed by atoms with Gasteiger partial charge in [0.05, 0.1) is 5.75 Å². The number of hydrogen-bond acceptors (Lipinski definition) is 4. The van der Waals surface area contributed by atoms with Crippen LogP contribution in [0, 0.1) is 11.6 Å². The molecule has 0 aliphatic carbocycles. The normalized spacial score (nSPS) is 21.9. The van der Waals surface area contributed by atoms with E-state index < -0.39 is 17.0 Å². The van der Waals surface area contributed by atoms with Crippen LogP contribution in [0.3, 0.4) is 0 Å². The second-order valence-electron chi connectivity index (χ2n) is 6.35. The second-order valence-corrected chi connectivity index (χ2v) is 7.42. The lowest BCUT2D eigenvalue weighted by molar-refractivity contribution is -0.134. The molecule has 8 heteroatoms. The Morgan fingerprint density at radius 1 is 1.24 bits per heavy atom. The molecule has 1 aromatic rings. The van der Waals surface area contributed by atoms with Crippen LogP contribution in [0.4, 0.5) is 8.78 Å². The highest BCUT2D eigenvalue weighted by Crippen LogP contribution is 2.39. The van der Waals surface area contributed by atoms with Crippen molar-refractivity contribution >= 4 is 23.6 Å². The maximum Gasteiger partial charge on any atom is 0.233 e. The Bertz CT molecular complexity index is 665. The van der Waals surface area contributed by atoms with Gasteiger partial charge in [0.2, 0.25) is 11.8 Å². The SMILES string of the molecule is CN1CCN(C(=O)CCN2C(=O)CS[C@H]2c2ccc(F)cc2F)CC1. The molecule has 1 atom stereocenters. The first-order valence-electron chi connectivity index (χ1n) is 8.28. The minimum absolute atomic E-state index is 0.0103. The van der Waals surface area contributed by atoms with Crippen LogP contribution < -0.4 is 0 Å². The molecule has 0 spiro atoms. The molecular weight excluding hydrogens is 348 g/mol. The Kier molecular flexibility index (Phi) is 5.58. The van der Waals surface area contributed by atoms with E-state index in [1.165, 1.54) is 28.8 Å². The van der Waals surface area contributed by atoms with Gasteiger partial charge in [0.15, 0.2) is 0 Å². The van der Waals surface area contributed by atoms with Gasteiger partial charge in [0.1, 0.15) is 17.0 Å². The highest BCUT2D eigenvalue weighted by atomic mass is 32.2. The quantitative estimate of drug-likeness (QED) is 0.810. The smallest absolute Gasteiger partial charge is 0.233 e. The van der Waals surface area contributed by atoms with Crippen LogP contribution in [0.1, 0.15) is 17.4 Å². The predicted molar refractivity (Wildman–Crippen MR) is 92.0 cm³/mol. The molecule has 2 heterocycles. The maximum atomic E-state index is 14.1. The van der Waals surface area contributed by atoms with Gasteiger partial charge in [-0.15, -0.1) is 11.8 Å². The van der Waals surface area contributed by atoms with Gasteiger partial charge >= 0.3 is 0 Å². The largest absolute Gasteiger partial charge is 0.340 e. The summed E-state index contributed by atoms with van der Waals surface area (Å²) in [5.41, 5.74) is 0.282. The highest BCUT2D eigenvalue weighted by Gasteiger charge is 2.35. The molecule has 3 rings (SSSR count). The van der Waals surface area contributed by atoms with E-state index in [4.69, 9.17) is 0 Å². The minimum Gasteiger partial charge on any atom is -0.340 e. The van der Waals surface area contributed by atoms with E-state index >= 15 is 0 Å². The van der Waals surface area contributed by atoms with E-state index in [0.29, 0.717) is 13.1 Å². The molecule has 0 aromatic heterocycles. The third kappa shape index (κ3) is 4.12. The van der Waals surface area contributed by atoms with Gasteiger partial charge in [-0.3, -0.25) is 9.59 Å². The van der Waals surface area contributed by atoms with Gasteiger partial charge in [0.25, 0.3) is 0 Å². The van der Waals surface area contributed by atoms with Crippen molar-refractivity contribution in [2.75, 3.05) is 45.5 Å². The highest BCUT2D eigenvalue weighted by molar-refractivity contribution is 8.00. The summed E-state index contributed by atoms with van der Waals surface area (Å²) in [5.74, 6) is -1.18. The fraction of sp³-hybridized carbons (Fsp3) is 0.529. The number of thioether (sulfide) groups is 1. The lowest BCUT2D eigenvalue weighted by atomic mass is 10.1. The summed E-state index contributed by atoms with van der Waals surface area (Å²) in [5, 5.41) is -0.506. The first-order chi connectivity index (χ1) is 12.0. The second kappa shape index (κ2) is 7.70.